The van der Waals surface area contributed by atoms with Crippen LogP contribution in [0.3, 0.4) is 0 Å². The summed E-state index contributed by atoms with van der Waals surface area (Å²) in [5.74, 6) is 0.172. The molecule has 0 fully saturated rings. The molecule has 2 heterocycles. The van der Waals surface area contributed by atoms with Crippen LogP contribution in [0.5, 0.6) is 0 Å². The maximum atomic E-state index is 12.0. The Bertz CT molecular complexity index is 499. The van der Waals surface area contributed by atoms with Gasteiger partial charge >= 0.3 is 0 Å². The molecule has 2 aromatic rings. The lowest BCUT2D eigenvalue weighted by Gasteiger charge is -1.98. The third-order valence-electron chi connectivity index (χ3n) is 2.49. The molecule has 0 aliphatic heterocycles. The minimum Gasteiger partial charge on any atom is -0.293 e. The lowest BCUT2D eigenvalue weighted by molar-refractivity contribution is 0.0995. The second-order valence-electron chi connectivity index (χ2n) is 3.71. The van der Waals surface area contributed by atoms with Gasteiger partial charge in [0.1, 0.15) is 0 Å². The van der Waals surface area contributed by atoms with Crippen molar-refractivity contribution in [3.05, 3.63) is 39.8 Å². The molecule has 0 aliphatic carbocycles. The first kappa shape index (κ1) is 11.1. The van der Waals surface area contributed by atoms with Gasteiger partial charge in [-0.2, -0.15) is 5.10 Å². The summed E-state index contributed by atoms with van der Waals surface area (Å²) in [5.41, 5.74) is 1.98. The van der Waals surface area contributed by atoms with Crippen LogP contribution in [0.15, 0.2) is 23.7 Å². The van der Waals surface area contributed by atoms with Crippen LogP contribution >= 0.6 is 11.3 Å². The van der Waals surface area contributed by atoms with Gasteiger partial charge in [-0.05, 0) is 29.5 Å². The van der Waals surface area contributed by atoms with Crippen molar-refractivity contribution in [2.45, 2.75) is 19.8 Å². The highest BCUT2D eigenvalue weighted by Crippen LogP contribution is 2.19. The summed E-state index contributed by atoms with van der Waals surface area (Å²) >= 11 is 1.52. The number of nitrogens with zero attached hydrogens (tertiary/aromatic N) is 2. The van der Waals surface area contributed by atoms with E-state index >= 15 is 0 Å². The van der Waals surface area contributed by atoms with Crippen LogP contribution in [0.2, 0.25) is 0 Å². The molecule has 3 nitrogen and oxygen atoms in total. The number of carbonyl (C=O) groups excluding carboxylic acids is 1. The molecule has 0 unspecified atom stereocenters. The van der Waals surface area contributed by atoms with Crippen molar-refractivity contribution in [3.8, 4) is 0 Å². The number of aryl methyl sites for hydroxylation is 2. The number of Topliss-reactive ketones (excluding diaryl/α,β-unsaturated/α-hetero) is 1. The molecule has 0 spiro atoms. The Hall–Kier alpha value is -1.42. The molecule has 0 bridgehead atoms. The first-order valence-corrected chi connectivity index (χ1v) is 6.16. The van der Waals surface area contributed by atoms with Gasteiger partial charge in [-0.3, -0.25) is 9.48 Å². The molecule has 0 saturated carbocycles. The van der Waals surface area contributed by atoms with Gasteiger partial charge in [0, 0.05) is 13.2 Å². The second kappa shape index (κ2) is 4.61. The van der Waals surface area contributed by atoms with Gasteiger partial charge in [-0.25, -0.2) is 0 Å². The zero-order valence-corrected chi connectivity index (χ0v) is 10.3. The van der Waals surface area contributed by atoms with E-state index in [0.29, 0.717) is 6.42 Å². The number of hydrogen-bond acceptors (Lipinski definition) is 3. The highest BCUT2D eigenvalue weighted by Gasteiger charge is 2.13. The number of rotatable bonds is 4. The SMILES string of the molecule is CCc1ccsc1C(=O)Cc1ccn(C)n1. The molecular weight excluding hydrogens is 220 g/mol. The maximum absolute atomic E-state index is 12.0. The Labute approximate surface area is 98.7 Å². The highest BCUT2D eigenvalue weighted by molar-refractivity contribution is 7.12. The quantitative estimate of drug-likeness (QED) is 0.762. The summed E-state index contributed by atoms with van der Waals surface area (Å²) in [7, 11) is 1.86. The normalized spacial score (nSPS) is 10.6. The number of aromatic nitrogens is 2. The fourth-order valence-corrected chi connectivity index (χ4v) is 2.60. The van der Waals surface area contributed by atoms with Crippen LogP contribution in [0.25, 0.3) is 0 Å². The molecule has 0 amide bonds. The maximum Gasteiger partial charge on any atom is 0.179 e. The topological polar surface area (TPSA) is 34.9 Å². The number of thiophene rings is 1. The summed E-state index contributed by atoms with van der Waals surface area (Å²) in [5, 5.41) is 6.19. The van der Waals surface area contributed by atoms with Crippen LogP contribution < -0.4 is 0 Å². The van der Waals surface area contributed by atoms with Crippen molar-refractivity contribution in [2.75, 3.05) is 0 Å². The molecule has 2 aromatic heterocycles. The predicted octanol–water partition coefficient (Wildman–Crippen LogP) is 2.47. The van der Waals surface area contributed by atoms with Crippen LogP contribution in [0, 0.1) is 0 Å². The number of carbonyl (C=O) groups is 1. The minimum absolute atomic E-state index is 0.172. The van der Waals surface area contributed by atoms with Crippen molar-refractivity contribution >= 4 is 17.1 Å². The summed E-state index contributed by atoms with van der Waals surface area (Å²) < 4.78 is 1.72. The van der Waals surface area contributed by atoms with Gasteiger partial charge in [0.15, 0.2) is 5.78 Å². The van der Waals surface area contributed by atoms with E-state index in [4.69, 9.17) is 0 Å². The Morgan fingerprint density at radius 2 is 2.31 bits per heavy atom. The lowest BCUT2D eigenvalue weighted by Crippen LogP contribution is -2.04. The lowest BCUT2D eigenvalue weighted by atomic mass is 10.1. The molecule has 0 aromatic carbocycles. The third-order valence-corrected chi connectivity index (χ3v) is 3.49. The van der Waals surface area contributed by atoms with Crippen molar-refractivity contribution in [3.63, 3.8) is 0 Å². The minimum atomic E-state index is 0.172. The zero-order chi connectivity index (χ0) is 11.5. The first-order chi connectivity index (χ1) is 7.70. The van der Waals surface area contributed by atoms with E-state index in [0.717, 1.165) is 22.6 Å². The highest BCUT2D eigenvalue weighted by atomic mass is 32.1. The van der Waals surface area contributed by atoms with Gasteiger partial charge in [0.25, 0.3) is 0 Å². The Morgan fingerprint density at radius 3 is 2.94 bits per heavy atom. The number of hydrogen-bond donors (Lipinski definition) is 0. The van der Waals surface area contributed by atoms with Crippen molar-refractivity contribution in [2.24, 2.45) is 7.05 Å². The Kier molecular flexibility index (Phi) is 3.19. The van der Waals surface area contributed by atoms with E-state index in [9.17, 15) is 4.79 Å². The van der Waals surface area contributed by atoms with Crippen molar-refractivity contribution in [1.29, 1.82) is 0 Å². The molecule has 0 atom stereocenters. The Morgan fingerprint density at radius 1 is 1.50 bits per heavy atom. The molecule has 16 heavy (non-hydrogen) atoms. The van der Waals surface area contributed by atoms with E-state index < -0.39 is 0 Å². The fourth-order valence-electron chi connectivity index (χ4n) is 1.66. The van der Waals surface area contributed by atoms with Gasteiger partial charge in [-0.1, -0.05) is 6.92 Å². The molecular formula is C12H14N2OS. The predicted molar refractivity (Wildman–Crippen MR) is 64.9 cm³/mol. The first-order valence-electron chi connectivity index (χ1n) is 5.28. The van der Waals surface area contributed by atoms with Crippen LogP contribution in [0.1, 0.15) is 27.9 Å². The van der Waals surface area contributed by atoms with Gasteiger partial charge < -0.3 is 0 Å². The standard InChI is InChI=1S/C12H14N2OS/c1-3-9-5-7-16-12(9)11(15)8-10-4-6-14(2)13-10/h4-7H,3,8H2,1-2H3. The van der Waals surface area contributed by atoms with Gasteiger partial charge in [0.2, 0.25) is 0 Å². The summed E-state index contributed by atoms with van der Waals surface area (Å²) in [4.78, 5) is 12.9. The zero-order valence-electron chi connectivity index (χ0n) is 9.43. The molecule has 2 rings (SSSR count). The molecule has 0 N–H and O–H groups in total. The largest absolute Gasteiger partial charge is 0.293 e. The van der Waals surface area contributed by atoms with E-state index in [1.54, 1.807) is 4.68 Å². The molecule has 4 heteroatoms. The Balaban J connectivity index is 2.14. The van der Waals surface area contributed by atoms with Crippen molar-refractivity contribution < 1.29 is 4.79 Å². The van der Waals surface area contributed by atoms with Crippen LogP contribution in [0.4, 0.5) is 0 Å². The van der Waals surface area contributed by atoms with Crippen LogP contribution in [-0.2, 0) is 19.9 Å². The smallest absolute Gasteiger partial charge is 0.179 e. The second-order valence-corrected chi connectivity index (χ2v) is 4.63. The fraction of sp³-hybridized carbons (Fsp3) is 0.333. The average molecular weight is 234 g/mol. The summed E-state index contributed by atoms with van der Waals surface area (Å²) in [6.45, 7) is 2.07. The summed E-state index contributed by atoms with van der Waals surface area (Å²) in [6.07, 6.45) is 3.17. The van der Waals surface area contributed by atoms with E-state index in [-0.39, 0.29) is 5.78 Å². The molecule has 0 radical (unpaired) electrons. The molecule has 0 saturated heterocycles. The number of ketones is 1. The van der Waals surface area contributed by atoms with E-state index in [1.807, 2.05) is 30.8 Å². The molecule has 84 valence electrons. The molecule has 0 aliphatic rings. The monoisotopic (exact) mass is 234 g/mol. The van der Waals surface area contributed by atoms with Gasteiger partial charge in [-0.15, -0.1) is 11.3 Å². The van der Waals surface area contributed by atoms with Gasteiger partial charge in [0.05, 0.1) is 17.0 Å². The van der Waals surface area contributed by atoms with Crippen LogP contribution in [-0.4, -0.2) is 15.6 Å². The van der Waals surface area contributed by atoms with Crippen molar-refractivity contribution in [1.82, 2.24) is 9.78 Å². The third kappa shape index (κ3) is 2.22. The van der Waals surface area contributed by atoms with E-state index in [2.05, 4.69) is 12.0 Å². The average Bonchev–Trinajstić information content (AvgIpc) is 2.86. The van der Waals surface area contributed by atoms with E-state index in [1.165, 1.54) is 11.3 Å². The summed E-state index contributed by atoms with van der Waals surface area (Å²) in [6, 6.07) is 3.91.